The van der Waals surface area contributed by atoms with Gasteiger partial charge in [-0.1, -0.05) is 12.1 Å². The molecule has 0 aliphatic carbocycles. The Morgan fingerprint density at radius 3 is 2.49 bits per heavy atom. The van der Waals surface area contributed by atoms with Crippen LogP contribution in [0.3, 0.4) is 0 Å². The second-order valence-corrected chi connectivity index (χ2v) is 12.1. The fourth-order valence-electron chi connectivity index (χ4n) is 5.15. The van der Waals surface area contributed by atoms with E-state index in [0.29, 0.717) is 31.1 Å². The fourth-order valence-corrected chi connectivity index (χ4v) is 6.70. The zero-order chi connectivity index (χ0) is 26.0. The molecule has 2 aromatic carbocycles. The lowest BCUT2D eigenvalue weighted by Crippen LogP contribution is -2.43. The van der Waals surface area contributed by atoms with Crippen molar-refractivity contribution >= 4 is 38.3 Å². The molecule has 1 aromatic heterocycles. The van der Waals surface area contributed by atoms with Gasteiger partial charge in [-0.2, -0.15) is 4.31 Å². The van der Waals surface area contributed by atoms with Crippen molar-refractivity contribution in [2.75, 3.05) is 50.1 Å². The first-order chi connectivity index (χ1) is 17.8. The smallest absolute Gasteiger partial charge is 0.243 e. The third-order valence-corrected chi connectivity index (χ3v) is 9.28. The average Bonchev–Trinajstić information content (AvgIpc) is 3.47. The van der Waals surface area contributed by atoms with Crippen LogP contribution in [0.2, 0.25) is 0 Å². The lowest BCUT2D eigenvalue weighted by Gasteiger charge is -2.33. The second-order valence-electron chi connectivity index (χ2n) is 10.2. The van der Waals surface area contributed by atoms with E-state index in [9.17, 15) is 13.2 Å². The summed E-state index contributed by atoms with van der Waals surface area (Å²) in [5.74, 6) is 0.790. The minimum atomic E-state index is -3.46. The number of aromatic nitrogens is 1. The molecule has 0 radical (unpaired) electrons. The summed E-state index contributed by atoms with van der Waals surface area (Å²) in [5.41, 5.74) is 2.96. The molecule has 8 nitrogen and oxygen atoms in total. The first-order valence-electron chi connectivity index (χ1n) is 13.0. The van der Waals surface area contributed by atoms with E-state index in [1.807, 2.05) is 38.4 Å². The molecule has 5 rings (SSSR count). The molecule has 2 fully saturated rings. The molecule has 0 bridgehead atoms. The Morgan fingerprint density at radius 1 is 1.00 bits per heavy atom. The number of hydrogen-bond acceptors (Lipinski definition) is 6. The minimum Gasteiger partial charge on any atom is -0.378 e. The zero-order valence-electron chi connectivity index (χ0n) is 21.6. The summed E-state index contributed by atoms with van der Waals surface area (Å²) in [7, 11) is 0.554. The highest BCUT2D eigenvalue weighted by molar-refractivity contribution is 7.89. The molecule has 0 saturated carbocycles. The fraction of sp³-hybridized carbons (Fsp3) is 0.429. The number of rotatable bonds is 7. The molecule has 37 heavy (non-hydrogen) atoms. The van der Waals surface area contributed by atoms with Crippen LogP contribution in [0.25, 0.3) is 10.9 Å². The number of nitrogens with one attached hydrogen (secondary N) is 1. The summed E-state index contributed by atoms with van der Waals surface area (Å²) >= 11 is 0. The first-order valence-corrected chi connectivity index (χ1v) is 14.5. The number of amides is 1. The van der Waals surface area contributed by atoms with E-state index >= 15 is 0 Å². The average molecular weight is 522 g/mol. The van der Waals surface area contributed by atoms with Gasteiger partial charge >= 0.3 is 0 Å². The van der Waals surface area contributed by atoms with E-state index in [2.05, 4.69) is 27.2 Å². The molecule has 2 aliphatic rings. The molecule has 0 spiro atoms. The van der Waals surface area contributed by atoms with Crippen LogP contribution in [0, 0.1) is 5.92 Å². The van der Waals surface area contributed by atoms with Gasteiger partial charge in [-0.3, -0.25) is 4.79 Å². The highest BCUT2D eigenvalue weighted by Crippen LogP contribution is 2.27. The zero-order valence-corrected chi connectivity index (χ0v) is 22.4. The van der Waals surface area contributed by atoms with Crippen LogP contribution in [0.4, 0.5) is 11.5 Å². The summed E-state index contributed by atoms with van der Waals surface area (Å²) in [4.78, 5) is 22.3. The lowest BCUT2D eigenvalue weighted by molar-refractivity contribution is -0.125. The van der Waals surface area contributed by atoms with Crippen molar-refractivity contribution in [3.05, 3.63) is 60.2 Å². The van der Waals surface area contributed by atoms with Gasteiger partial charge < -0.3 is 15.1 Å². The molecule has 3 aromatic rings. The monoisotopic (exact) mass is 521 g/mol. The van der Waals surface area contributed by atoms with Gasteiger partial charge in [-0.05, 0) is 73.7 Å². The van der Waals surface area contributed by atoms with Gasteiger partial charge in [0.1, 0.15) is 5.82 Å². The molecular formula is C28H35N5O3S. The van der Waals surface area contributed by atoms with Crippen LogP contribution < -0.4 is 15.1 Å². The predicted octanol–water partition coefficient (Wildman–Crippen LogP) is 3.62. The van der Waals surface area contributed by atoms with Crippen molar-refractivity contribution in [3.8, 4) is 0 Å². The predicted molar refractivity (Wildman–Crippen MR) is 147 cm³/mol. The van der Waals surface area contributed by atoms with Gasteiger partial charge in [0, 0.05) is 57.9 Å². The Morgan fingerprint density at radius 2 is 1.76 bits per heavy atom. The van der Waals surface area contributed by atoms with Crippen LogP contribution in [-0.4, -0.2) is 63.9 Å². The lowest BCUT2D eigenvalue weighted by atomic mass is 9.97. The van der Waals surface area contributed by atoms with Gasteiger partial charge in [-0.15, -0.1) is 0 Å². The number of carbonyl (C=O) groups is 1. The third kappa shape index (κ3) is 5.57. The van der Waals surface area contributed by atoms with E-state index < -0.39 is 10.0 Å². The number of anilines is 2. The van der Waals surface area contributed by atoms with Gasteiger partial charge in [-0.25, -0.2) is 13.4 Å². The van der Waals surface area contributed by atoms with Crippen LogP contribution in [0.1, 0.15) is 31.2 Å². The molecular weight excluding hydrogens is 486 g/mol. The van der Waals surface area contributed by atoms with Crippen molar-refractivity contribution in [2.45, 2.75) is 37.1 Å². The maximum atomic E-state index is 12.9. The van der Waals surface area contributed by atoms with E-state index in [0.717, 1.165) is 60.2 Å². The number of hydrogen-bond donors (Lipinski definition) is 1. The van der Waals surface area contributed by atoms with Gasteiger partial charge in [0.2, 0.25) is 15.9 Å². The van der Waals surface area contributed by atoms with Crippen molar-refractivity contribution in [3.63, 3.8) is 0 Å². The Bertz CT molecular complexity index is 1370. The minimum absolute atomic E-state index is 0.0685. The number of sulfonamides is 1. The van der Waals surface area contributed by atoms with Crippen molar-refractivity contribution < 1.29 is 13.2 Å². The van der Waals surface area contributed by atoms with Crippen molar-refractivity contribution in [2.24, 2.45) is 5.92 Å². The Hall–Kier alpha value is -3.17. The molecule has 3 heterocycles. The molecule has 196 valence electrons. The Balaban J connectivity index is 1.24. The summed E-state index contributed by atoms with van der Waals surface area (Å²) in [6.45, 7) is 3.15. The normalized spacial score (nSPS) is 18.8. The number of fused-ring (bicyclic) bond motifs is 1. The van der Waals surface area contributed by atoms with Gasteiger partial charge in [0.15, 0.2) is 0 Å². The van der Waals surface area contributed by atoms with Gasteiger partial charge in [0.25, 0.3) is 0 Å². The SMILES string of the molecule is CN(C)c1ccc(CNC(=O)[C@H]2CCCN(c3ccc4cc(S(=O)(=O)N5CCCC5)ccc4n3)C2)cc1. The second kappa shape index (κ2) is 10.7. The number of benzene rings is 2. The van der Waals surface area contributed by atoms with Crippen molar-refractivity contribution in [1.82, 2.24) is 14.6 Å². The Kier molecular flexibility index (Phi) is 7.35. The number of pyridine rings is 1. The standard InChI is InChI=1S/C28H35N5O3S/c1-31(2)24-10-7-21(8-11-24)19-29-28(34)23-6-5-15-32(20-23)27-14-9-22-18-25(12-13-26(22)30-27)37(35,36)33-16-3-4-17-33/h7-14,18,23H,3-6,15-17,19-20H2,1-2H3,(H,29,34)/t23-/m0/s1. The van der Waals surface area contributed by atoms with E-state index in [4.69, 9.17) is 4.98 Å². The molecule has 9 heteroatoms. The maximum Gasteiger partial charge on any atom is 0.243 e. The van der Waals surface area contributed by atoms with Crippen LogP contribution in [0.15, 0.2) is 59.5 Å². The van der Waals surface area contributed by atoms with E-state index in [-0.39, 0.29) is 11.8 Å². The maximum absolute atomic E-state index is 12.9. The van der Waals surface area contributed by atoms with Crippen LogP contribution in [0.5, 0.6) is 0 Å². The summed E-state index contributed by atoms with van der Waals surface area (Å²) in [5, 5.41) is 3.90. The van der Waals surface area contributed by atoms with Crippen LogP contribution in [-0.2, 0) is 21.4 Å². The molecule has 1 atom stereocenters. The summed E-state index contributed by atoms with van der Waals surface area (Å²) in [6, 6.07) is 17.2. The summed E-state index contributed by atoms with van der Waals surface area (Å²) < 4.78 is 27.4. The highest BCUT2D eigenvalue weighted by Gasteiger charge is 2.28. The van der Waals surface area contributed by atoms with E-state index in [1.54, 1.807) is 22.5 Å². The molecule has 2 saturated heterocycles. The third-order valence-electron chi connectivity index (χ3n) is 7.38. The number of nitrogens with zero attached hydrogens (tertiary/aromatic N) is 4. The quantitative estimate of drug-likeness (QED) is 0.511. The highest BCUT2D eigenvalue weighted by atomic mass is 32.2. The van der Waals surface area contributed by atoms with Crippen LogP contribution >= 0.6 is 0 Å². The van der Waals surface area contributed by atoms with Gasteiger partial charge in [0.05, 0.1) is 16.3 Å². The Labute approximate surface area is 219 Å². The molecule has 0 unspecified atom stereocenters. The molecule has 1 N–H and O–H groups in total. The molecule has 2 aliphatic heterocycles. The number of piperidine rings is 1. The van der Waals surface area contributed by atoms with Crippen molar-refractivity contribution in [1.29, 1.82) is 0 Å². The first kappa shape index (κ1) is 25.5. The summed E-state index contributed by atoms with van der Waals surface area (Å²) in [6.07, 6.45) is 3.60. The van der Waals surface area contributed by atoms with E-state index in [1.165, 1.54) is 0 Å². The topological polar surface area (TPSA) is 85.8 Å². The largest absolute Gasteiger partial charge is 0.378 e. The molecule has 1 amide bonds. The number of carbonyl (C=O) groups excluding carboxylic acids is 1.